The van der Waals surface area contributed by atoms with Crippen molar-refractivity contribution in [3.63, 3.8) is 0 Å². The minimum Gasteiger partial charge on any atom is -0.450 e. The molecule has 6 heteroatoms. The van der Waals surface area contributed by atoms with Crippen LogP contribution < -0.4 is 0 Å². The van der Waals surface area contributed by atoms with Gasteiger partial charge < -0.3 is 23.7 Å². The molecular formula is C24H28O6. The van der Waals surface area contributed by atoms with Crippen molar-refractivity contribution in [3.05, 3.63) is 84.4 Å². The van der Waals surface area contributed by atoms with Crippen LogP contribution in [0.3, 0.4) is 0 Å². The van der Waals surface area contributed by atoms with Gasteiger partial charge in [0.25, 0.3) is 0 Å². The molecule has 0 aromatic heterocycles. The van der Waals surface area contributed by atoms with Gasteiger partial charge in [-0.15, -0.1) is 6.58 Å². The van der Waals surface area contributed by atoms with Crippen LogP contribution in [0.2, 0.25) is 0 Å². The molecule has 5 unspecified atom stereocenters. The van der Waals surface area contributed by atoms with Crippen molar-refractivity contribution in [2.24, 2.45) is 0 Å². The van der Waals surface area contributed by atoms with E-state index < -0.39 is 30.6 Å². The zero-order chi connectivity index (χ0) is 21.3. The van der Waals surface area contributed by atoms with Crippen LogP contribution in [0, 0.1) is 0 Å². The second-order valence-corrected chi connectivity index (χ2v) is 7.03. The van der Waals surface area contributed by atoms with Gasteiger partial charge in [0.2, 0.25) is 0 Å². The van der Waals surface area contributed by atoms with Crippen LogP contribution in [0.25, 0.3) is 0 Å². The summed E-state index contributed by atoms with van der Waals surface area (Å²) in [5.41, 5.74) is 1.47. The molecule has 0 bridgehead atoms. The van der Waals surface area contributed by atoms with E-state index >= 15 is 0 Å². The topological polar surface area (TPSA) is 63.2 Å². The largest absolute Gasteiger partial charge is 0.450 e. The third-order valence-corrected chi connectivity index (χ3v) is 4.90. The fourth-order valence-electron chi connectivity index (χ4n) is 3.42. The SMILES string of the molecule is C=CCOC1C(OCc2ccccc2)C(C)OC(OC)C1OC(=O)c1ccccc1. The van der Waals surface area contributed by atoms with E-state index in [0.717, 1.165) is 5.56 Å². The molecule has 1 aliphatic heterocycles. The highest BCUT2D eigenvalue weighted by atomic mass is 16.7. The average molecular weight is 412 g/mol. The molecule has 5 atom stereocenters. The minimum absolute atomic E-state index is 0.276. The van der Waals surface area contributed by atoms with Crippen molar-refractivity contribution in [2.45, 2.75) is 44.2 Å². The van der Waals surface area contributed by atoms with E-state index in [2.05, 4.69) is 6.58 Å². The van der Waals surface area contributed by atoms with E-state index in [1.165, 1.54) is 7.11 Å². The number of esters is 1. The normalized spacial score (nSPS) is 26.1. The van der Waals surface area contributed by atoms with Gasteiger partial charge in [-0.3, -0.25) is 0 Å². The van der Waals surface area contributed by atoms with Gasteiger partial charge in [-0.2, -0.15) is 0 Å². The lowest BCUT2D eigenvalue weighted by atomic mass is 9.98. The van der Waals surface area contributed by atoms with Gasteiger partial charge in [-0.05, 0) is 24.6 Å². The quantitative estimate of drug-likeness (QED) is 0.462. The molecule has 0 saturated carbocycles. The maximum Gasteiger partial charge on any atom is 0.338 e. The summed E-state index contributed by atoms with van der Waals surface area (Å²) in [4.78, 5) is 12.7. The summed E-state index contributed by atoms with van der Waals surface area (Å²) in [6.45, 7) is 6.26. The molecule has 2 aromatic rings. The molecule has 0 aliphatic carbocycles. The summed E-state index contributed by atoms with van der Waals surface area (Å²) in [6, 6.07) is 18.6. The Morgan fingerprint density at radius 3 is 2.30 bits per heavy atom. The fraction of sp³-hybridized carbons (Fsp3) is 0.375. The Morgan fingerprint density at radius 2 is 1.67 bits per heavy atom. The van der Waals surface area contributed by atoms with Crippen LogP contribution in [0.4, 0.5) is 0 Å². The van der Waals surface area contributed by atoms with Gasteiger partial charge in [0.05, 0.1) is 24.9 Å². The monoisotopic (exact) mass is 412 g/mol. The maximum absolute atomic E-state index is 12.7. The molecule has 0 spiro atoms. The Morgan fingerprint density at radius 1 is 1.00 bits per heavy atom. The van der Waals surface area contributed by atoms with Gasteiger partial charge in [0.1, 0.15) is 12.2 Å². The Hall–Kier alpha value is -2.51. The third-order valence-electron chi connectivity index (χ3n) is 4.90. The van der Waals surface area contributed by atoms with Crippen LogP contribution >= 0.6 is 0 Å². The van der Waals surface area contributed by atoms with Gasteiger partial charge in [-0.25, -0.2) is 4.79 Å². The lowest BCUT2D eigenvalue weighted by Crippen LogP contribution is -2.60. The minimum atomic E-state index is -0.806. The molecule has 160 valence electrons. The fourth-order valence-corrected chi connectivity index (χ4v) is 3.42. The standard InChI is InChI=1S/C24H28O6/c1-4-15-27-21-20(28-16-18-11-7-5-8-12-18)17(2)29-24(26-3)22(21)30-23(25)19-13-9-6-10-14-19/h4-14,17,20-22,24H,1,15-16H2,2-3H3. The van der Waals surface area contributed by atoms with Crippen molar-refractivity contribution in [2.75, 3.05) is 13.7 Å². The zero-order valence-electron chi connectivity index (χ0n) is 17.3. The van der Waals surface area contributed by atoms with Crippen LogP contribution in [0.15, 0.2) is 73.3 Å². The van der Waals surface area contributed by atoms with Crippen LogP contribution in [0.1, 0.15) is 22.8 Å². The summed E-state index contributed by atoms with van der Waals surface area (Å²) in [5.74, 6) is -0.477. The molecule has 30 heavy (non-hydrogen) atoms. The Labute approximate surface area is 177 Å². The van der Waals surface area contributed by atoms with E-state index in [0.29, 0.717) is 12.2 Å². The number of benzene rings is 2. The first-order valence-corrected chi connectivity index (χ1v) is 9.96. The van der Waals surface area contributed by atoms with Crippen LogP contribution in [-0.4, -0.2) is 50.4 Å². The highest BCUT2D eigenvalue weighted by Crippen LogP contribution is 2.30. The van der Waals surface area contributed by atoms with E-state index in [1.807, 2.05) is 43.3 Å². The van der Waals surface area contributed by atoms with Gasteiger partial charge in [0, 0.05) is 7.11 Å². The van der Waals surface area contributed by atoms with Gasteiger partial charge in [0.15, 0.2) is 12.4 Å². The predicted octanol–water partition coefficient (Wildman–Crippen LogP) is 3.76. The second kappa shape index (κ2) is 11.0. The maximum atomic E-state index is 12.7. The molecule has 1 fully saturated rings. The lowest BCUT2D eigenvalue weighted by Gasteiger charge is -2.44. The first kappa shape index (κ1) is 22.2. The molecule has 3 rings (SSSR count). The Balaban J connectivity index is 1.80. The number of methoxy groups -OCH3 is 1. The summed E-state index contributed by atoms with van der Waals surface area (Å²) < 4.78 is 29.4. The van der Waals surface area contributed by atoms with Crippen LogP contribution in [-0.2, 0) is 30.3 Å². The van der Waals surface area contributed by atoms with Crippen LogP contribution in [0.5, 0.6) is 0 Å². The Kier molecular flexibility index (Phi) is 8.16. The number of ether oxygens (including phenoxy) is 5. The van der Waals surface area contributed by atoms with E-state index in [9.17, 15) is 4.79 Å². The first-order chi connectivity index (χ1) is 14.6. The van der Waals surface area contributed by atoms with Crippen molar-refractivity contribution in [3.8, 4) is 0 Å². The number of carbonyl (C=O) groups excluding carboxylic acids is 1. The van der Waals surface area contributed by atoms with Crippen molar-refractivity contribution < 1.29 is 28.5 Å². The Bertz CT molecular complexity index is 794. The highest BCUT2D eigenvalue weighted by molar-refractivity contribution is 5.89. The molecule has 1 saturated heterocycles. The smallest absolute Gasteiger partial charge is 0.338 e. The molecule has 2 aromatic carbocycles. The number of rotatable bonds is 9. The molecule has 6 nitrogen and oxygen atoms in total. The highest BCUT2D eigenvalue weighted by Gasteiger charge is 2.48. The van der Waals surface area contributed by atoms with E-state index in [4.69, 9.17) is 23.7 Å². The predicted molar refractivity (Wildman–Crippen MR) is 112 cm³/mol. The molecule has 0 N–H and O–H groups in total. The average Bonchev–Trinajstić information content (AvgIpc) is 2.79. The number of carbonyl (C=O) groups is 1. The van der Waals surface area contributed by atoms with E-state index in [-0.39, 0.29) is 12.7 Å². The third kappa shape index (κ3) is 5.55. The number of hydrogen-bond donors (Lipinski definition) is 0. The van der Waals surface area contributed by atoms with E-state index in [1.54, 1.807) is 30.3 Å². The van der Waals surface area contributed by atoms with Gasteiger partial charge >= 0.3 is 5.97 Å². The summed E-state index contributed by atoms with van der Waals surface area (Å²) in [5, 5.41) is 0. The lowest BCUT2D eigenvalue weighted by molar-refractivity contribution is -0.299. The number of hydrogen-bond acceptors (Lipinski definition) is 6. The first-order valence-electron chi connectivity index (χ1n) is 9.96. The summed E-state index contributed by atoms with van der Waals surface area (Å²) in [7, 11) is 1.51. The van der Waals surface area contributed by atoms with Crippen molar-refractivity contribution >= 4 is 5.97 Å². The van der Waals surface area contributed by atoms with Gasteiger partial charge in [-0.1, -0.05) is 54.6 Å². The molecule has 1 aliphatic rings. The summed E-state index contributed by atoms with van der Waals surface area (Å²) >= 11 is 0. The molecule has 0 radical (unpaired) electrons. The molecule has 1 heterocycles. The molecule has 0 amide bonds. The van der Waals surface area contributed by atoms with Crippen molar-refractivity contribution in [1.29, 1.82) is 0 Å². The van der Waals surface area contributed by atoms with Crippen molar-refractivity contribution in [1.82, 2.24) is 0 Å². The zero-order valence-corrected chi connectivity index (χ0v) is 17.3. The second-order valence-electron chi connectivity index (χ2n) is 7.03. The summed E-state index contributed by atoms with van der Waals surface area (Å²) in [6.07, 6.45) is -1.33. The molecular weight excluding hydrogens is 384 g/mol.